The summed E-state index contributed by atoms with van der Waals surface area (Å²) in [5.41, 5.74) is 0.803. The van der Waals surface area contributed by atoms with Crippen molar-refractivity contribution >= 4 is 11.6 Å². The zero-order valence-corrected chi connectivity index (χ0v) is 9.47. The minimum atomic E-state index is -0.245. The Bertz CT molecular complexity index is 362. The first-order chi connectivity index (χ1) is 6.61. The molecule has 0 aliphatic rings. The second kappa shape index (κ2) is 4.47. The highest BCUT2D eigenvalue weighted by Gasteiger charge is 2.16. The van der Waals surface area contributed by atoms with Gasteiger partial charge < -0.3 is 4.57 Å². The Balaban J connectivity index is 3.17. The van der Waals surface area contributed by atoms with Crippen molar-refractivity contribution in [3.05, 3.63) is 16.7 Å². The molecule has 3 nitrogen and oxygen atoms in total. The zero-order chi connectivity index (χ0) is 10.7. The molecule has 0 saturated heterocycles. The maximum absolute atomic E-state index is 8.86. The van der Waals surface area contributed by atoms with Crippen molar-refractivity contribution in [2.45, 2.75) is 39.7 Å². The summed E-state index contributed by atoms with van der Waals surface area (Å²) in [6, 6.07) is 1.93. The van der Waals surface area contributed by atoms with Gasteiger partial charge in [-0.15, -0.1) is 0 Å². The molecule has 76 valence electrons. The molecule has 0 aliphatic heterocycles. The highest BCUT2D eigenvalue weighted by atomic mass is 35.5. The van der Waals surface area contributed by atoms with E-state index in [1.807, 2.05) is 13.8 Å². The quantitative estimate of drug-likeness (QED) is 0.772. The molecular formula is C10H14ClN3. The van der Waals surface area contributed by atoms with Crippen LogP contribution in [0.5, 0.6) is 0 Å². The summed E-state index contributed by atoms with van der Waals surface area (Å²) in [7, 11) is 0. The number of hydrogen-bond acceptors (Lipinski definition) is 2. The maximum Gasteiger partial charge on any atom is 0.132 e. The van der Waals surface area contributed by atoms with E-state index in [0.29, 0.717) is 5.15 Å². The van der Waals surface area contributed by atoms with Gasteiger partial charge >= 0.3 is 0 Å². The number of nitrogens with zero attached hydrogens (tertiary/aromatic N) is 3. The minimum Gasteiger partial charge on any atom is -0.302 e. The van der Waals surface area contributed by atoms with Gasteiger partial charge in [-0.3, -0.25) is 0 Å². The van der Waals surface area contributed by atoms with Gasteiger partial charge in [-0.05, 0) is 20.3 Å². The minimum absolute atomic E-state index is 0.245. The first kappa shape index (κ1) is 11.1. The average Bonchev–Trinajstić information content (AvgIpc) is 2.43. The van der Waals surface area contributed by atoms with Crippen molar-refractivity contribution in [2.24, 2.45) is 0 Å². The Labute approximate surface area is 89.3 Å². The van der Waals surface area contributed by atoms with Crippen LogP contribution in [0.15, 0.2) is 0 Å². The van der Waals surface area contributed by atoms with Crippen LogP contribution in [0.25, 0.3) is 0 Å². The summed E-state index contributed by atoms with van der Waals surface area (Å²) in [6.45, 7) is 5.77. The molecule has 1 unspecified atom stereocenters. The summed E-state index contributed by atoms with van der Waals surface area (Å²) in [5, 5.41) is 9.44. The Morgan fingerprint density at radius 3 is 2.79 bits per heavy atom. The molecule has 0 aliphatic carbocycles. The lowest BCUT2D eigenvalue weighted by Gasteiger charge is -2.09. The van der Waals surface area contributed by atoms with Crippen LogP contribution in [-0.4, -0.2) is 9.55 Å². The molecule has 14 heavy (non-hydrogen) atoms. The molecular weight excluding hydrogens is 198 g/mol. The van der Waals surface area contributed by atoms with Gasteiger partial charge in [0.05, 0.1) is 11.8 Å². The van der Waals surface area contributed by atoms with Crippen LogP contribution in [0.3, 0.4) is 0 Å². The predicted octanol–water partition coefficient (Wildman–Crippen LogP) is 2.88. The van der Waals surface area contributed by atoms with E-state index in [1.165, 1.54) is 0 Å². The van der Waals surface area contributed by atoms with Crippen molar-refractivity contribution in [2.75, 3.05) is 0 Å². The number of imidazole rings is 1. The lowest BCUT2D eigenvalue weighted by atomic mass is 10.3. The van der Waals surface area contributed by atoms with Crippen molar-refractivity contribution < 1.29 is 0 Å². The van der Waals surface area contributed by atoms with Crippen LogP contribution in [0.4, 0.5) is 0 Å². The number of nitriles is 1. The van der Waals surface area contributed by atoms with Crippen LogP contribution in [0, 0.1) is 18.3 Å². The van der Waals surface area contributed by atoms with E-state index in [2.05, 4.69) is 18.0 Å². The van der Waals surface area contributed by atoms with Gasteiger partial charge in [0, 0.05) is 6.42 Å². The Morgan fingerprint density at radius 1 is 1.64 bits per heavy atom. The molecule has 1 aromatic heterocycles. The van der Waals surface area contributed by atoms with Gasteiger partial charge in [-0.25, -0.2) is 4.98 Å². The van der Waals surface area contributed by atoms with Crippen LogP contribution >= 0.6 is 11.6 Å². The highest BCUT2D eigenvalue weighted by molar-refractivity contribution is 6.30. The van der Waals surface area contributed by atoms with Gasteiger partial charge in [0.2, 0.25) is 0 Å². The third-order valence-corrected chi connectivity index (χ3v) is 2.59. The molecule has 0 N–H and O–H groups in total. The molecule has 0 amide bonds. The zero-order valence-electron chi connectivity index (χ0n) is 8.71. The molecule has 1 aromatic rings. The van der Waals surface area contributed by atoms with Gasteiger partial charge in [-0.1, -0.05) is 18.5 Å². The molecule has 1 heterocycles. The fraction of sp³-hybridized carbons (Fsp3) is 0.600. The largest absolute Gasteiger partial charge is 0.302 e. The second-order valence-corrected chi connectivity index (χ2v) is 3.69. The molecule has 1 rings (SSSR count). The molecule has 0 aromatic carbocycles. The fourth-order valence-electron chi connectivity index (χ4n) is 1.43. The van der Waals surface area contributed by atoms with E-state index in [1.54, 1.807) is 4.57 Å². The number of halogens is 1. The first-order valence-electron chi connectivity index (χ1n) is 4.74. The van der Waals surface area contributed by atoms with E-state index in [9.17, 15) is 0 Å². The smallest absolute Gasteiger partial charge is 0.132 e. The summed E-state index contributed by atoms with van der Waals surface area (Å²) in [4.78, 5) is 4.35. The van der Waals surface area contributed by atoms with Gasteiger partial charge in [0.25, 0.3) is 0 Å². The number of aryl methyl sites for hydroxylation is 2. The number of hydrogen-bond donors (Lipinski definition) is 0. The molecule has 0 spiro atoms. The summed E-state index contributed by atoms with van der Waals surface area (Å²) < 4.78 is 1.81. The van der Waals surface area contributed by atoms with Crippen LogP contribution in [0.1, 0.15) is 37.8 Å². The second-order valence-electron chi connectivity index (χ2n) is 3.33. The molecule has 0 fully saturated rings. The molecule has 4 heteroatoms. The number of rotatable bonds is 3. The van der Waals surface area contributed by atoms with Gasteiger partial charge in [-0.2, -0.15) is 5.26 Å². The van der Waals surface area contributed by atoms with E-state index >= 15 is 0 Å². The molecule has 0 saturated carbocycles. The standard InChI is InChI=1S/C10H14ClN3/c1-4-5-9-13-8(3)10(11)14(9)7(2)6-12/h7H,4-5H2,1-3H3. The average molecular weight is 212 g/mol. The monoisotopic (exact) mass is 211 g/mol. The van der Waals surface area contributed by atoms with Gasteiger partial charge in [0.15, 0.2) is 0 Å². The van der Waals surface area contributed by atoms with E-state index in [-0.39, 0.29) is 6.04 Å². The van der Waals surface area contributed by atoms with Crippen LogP contribution in [-0.2, 0) is 6.42 Å². The third kappa shape index (κ3) is 1.91. The van der Waals surface area contributed by atoms with Gasteiger partial charge in [0.1, 0.15) is 17.0 Å². The summed E-state index contributed by atoms with van der Waals surface area (Å²) in [6.07, 6.45) is 1.87. The molecule has 1 atom stereocenters. The lowest BCUT2D eigenvalue weighted by Crippen LogP contribution is -2.07. The molecule has 0 bridgehead atoms. The number of aromatic nitrogens is 2. The summed E-state index contributed by atoms with van der Waals surface area (Å²) >= 11 is 6.07. The highest BCUT2D eigenvalue weighted by Crippen LogP contribution is 2.22. The SMILES string of the molecule is CCCc1nc(C)c(Cl)n1C(C)C#N. The van der Waals surface area contributed by atoms with E-state index in [4.69, 9.17) is 16.9 Å². The van der Waals surface area contributed by atoms with Crippen LogP contribution < -0.4 is 0 Å². The van der Waals surface area contributed by atoms with Crippen LogP contribution in [0.2, 0.25) is 5.15 Å². The molecule has 0 radical (unpaired) electrons. The Hall–Kier alpha value is -1.01. The predicted molar refractivity (Wildman–Crippen MR) is 56.3 cm³/mol. The lowest BCUT2D eigenvalue weighted by molar-refractivity contribution is 0.622. The fourth-order valence-corrected chi connectivity index (χ4v) is 1.72. The van der Waals surface area contributed by atoms with E-state index in [0.717, 1.165) is 24.4 Å². The van der Waals surface area contributed by atoms with Crippen molar-refractivity contribution in [3.63, 3.8) is 0 Å². The first-order valence-corrected chi connectivity index (χ1v) is 5.12. The Morgan fingerprint density at radius 2 is 2.29 bits per heavy atom. The van der Waals surface area contributed by atoms with E-state index < -0.39 is 0 Å². The maximum atomic E-state index is 8.86. The Kier molecular flexibility index (Phi) is 3.54. The normalized spacial score (nSPS) is 12.5. The summed E-state index contributed by atoms with van der Waals surface area (Å²) in [5.74, 6) is 0.907. The topological polar surface area (TPSA) is 41.6 Å². The van der Waals surface area contributed by atoms with Crippen molar-refractivity contribution in [1.29, 1.82) is 5.26 Å². The third-order valence-electron chi connectivity index (χ3n) is 2.13. The van der Waals surface area contributed by atoms with Crippen molar-refractivity contribution in [3.8, 4) is 6.07 Å². The van der Waals surface area contributed by atoms with Crippen molar-refractivity contribution in [1.82, 2.24) is 9.55 Å².